The van der Waals surface area contributed by atoms with E-state index in [0.29, 0.717) is 23.4 Å². The zero-order valence-corrected chi connectivity index (χ0v) is 16.8. The van der Waals surface area contributed by atoms with Crippen molar-refractivity contribution in [2.24, 2.45) is 5.14 Å². The van der Waals surface area contributed by atoms with Crippen molar-refractivity contribution < 1.29 is 27.0 Å². The molecule has 0 fully saturated rings. The summed E-state index contributed by atoms with van der Waals surface area (Å²) in [5, 5.41) is 24.9. The number of benzene rings is 1. The standard InChI is InChI=1S/C15H20N2O6S3/c1-9(18)12-7-14(26(16,22)23)24-15(12)25(20,21)11-4-5-13(19)10(6-11)8-17(2)3/h4-7,9,18-19H,8H2,1-3H3,(H2,16,22,23). The van der Waals surface area contributed by atoms with E-state index in [4.69, 9.17) is 5.14 Å². The highest BCUT2D eigenvalue weighted by atomic mass is 32.3. The van der Waals surface area contributed by atoms with Gasteiger partial charge in [0, 0.05) is 17.7 Å². The Balaban J connectivity index is 2.66. The number of sulfone groups is 1. The molecule has 1 heterocycles. The van der Waals surface area contributed by atoms with E-state index in [1.807, 2.05) is 0 Å². The Morgan fingerprint density at radius 2 is 1.81 bits per heavy atom. The quantitative estimate of drug-likeness (QED) is 0.635. The van der Waals surface area contributed by atoms with Crippen LogP contribution >= 0.6 is 11.3 Å². The molecule has 1 atom stereocenters. The molecule has 8 nitrogen and oxygen atoms in total. The number of phenols is 1. The smallest absolute Gasteiger partial charge is 0.247 e. The van der Waals surface area contributed by atoms with Crippen LogP contribution in [0.3, 0.4) is 0 Å². The molecule has 0 amide bonds. The first-order chi connectivity index (χ1) is 11.8. The van der Waals surface area contributed by atoms with Crippen molar-refractivity contribution in [2.75, 3.05) is 14.1 Å². The topological polar surface area (TPSA) is 138 Å². The first-order valence-electron chi connectivity index (χ1n) is 7.40. The van der Waals surface area contributed by atoms with Crippen molar-refractivity contribution in [2.45, 2.75) is 32.9 Å². The zero-order valence-electron chi connectivity index (χ0n) is 14.4. The van der Waals surface area contributed by atoms with Gasteiger partial charge in [-0.3, -0.25) is 0 Å². The molecule has 0 saturated heterocycles. The number of aliphatic hydroxyl groups excluding tert-OH is 1. The third-order valence-corrected chi connectivity index (χ3v) is 8.40. The van der Waals surface area contributed by atoms with Crippen LogP contribution in [-0.4, -0.2) is 46.0 Å². The number of hydrogen-bond acceptors (Lipinski definition) is 8. The lowest BCUT2D eigenvalue weighted by Gasteiger charge is -2.13. The van der Waals surface area contributed by atoms with Crippen molar-refractivity contribution >= 4 is 31.2 Å². The van der Waals surface area contributed by atoms with Gasteiger partial charge < -0.3 is 15.1 Å². The van der Waals surface area contributed by atoms with E-state index in [2.05, 4.69) is 0 Å². The van der Waals surface area contributed by atoms with Gasteiger partial charge in [-0.15, -0.1) is 11.3 Å². The van der Waals surface area contributed by atoms with E-state index in [1.54, 1.807) is 19.0 Å². The molecule has 4 N–H and O–H groups in total. The molecule has 2 rings (SSSR count). The van der Waals surface area contributed by atoms with Crippen molar-refractivity contribution in [3.8, 4) is 5.75 Å². The van der Waals surface area contributed by atoms with E-state index in [-0.39, 0.29) is 24.6 Å². The van der Waals surface area contributed by atoms with Crippen LogP contribution in [0.5, 0.6) is 5.75 Å². The normalized spacial score (nSPS) is 13.9. The SMILES string of the molecule is CC(O)c1cc(S(N)(=O)=O)sc1S(=O)(=O)c1ccc(O)c(CN(C)C)c1. The van der Waals surface area contributed by atoms with E-state index >= 15 is 0 Å². The molecule has 0 aliphatic heterocycles. The van der Waals surface area contributed by atoms with Crippen LogP contribution in [0.2, 0.25) is 0 Å². The number of nitrogens with two attached hydrogens (primary N) is 1. The maximum atomic E-state index is 13.0. The van der Waals surface area contributed by atoms with Gasteiger partial charge in [-0.05, 0) is 45.3 Å². The van der Waals surface area contributed by atoms with E-state index in [0.717, 1.165) is 6.07 Å². The molecule has 26 heavy (non-hydrogen) atoms. The first kappa shape index (κ1) is 20.8. The second kappa shape index (κ2) is 7.25. The van der Waals surface area contributed by atoms with Gasteiger partial charge in [0.15, 0.2) is 0 Å². The Hall–Kier alpha value is -1.50. The molecule has 2 aromatic rings. The van der Waals surface area contributed by atoms with Gasteiger partial charge in [-0.25, -0.2) is 22.0 Å². The summed E-state index contributed by atoms with van der Waals surface area (Å²) in [5.41, 5.74) is 0.360. The van der Waals surface area contributed by atoms with Gasteiger partial charge in [-0.2, -0.15) is 0 Å². The first-order valence-corrected chi connectivity index (χ1v) is 11.2. The molecule has 0 bridgehead atoms. The summed E-state index contributed by atoms with van der Waals surface area (Å²) in [7, 11) is -4.70. The predicted molar refractivity (Wildman–Crippen MR) is 97.3 cm³/mol. The largest absolute Gasteiger partial charge is 0.508 e. The molecule has 0 spiro atoms. The molecule has 0 aliphatic carbocycles. The van der Waals surface area contributed by atoms with Crippen LogP contribution in [0, 0.1) is 0 Å². The monoisotopic (exact) mass is 420 g/mol. The summed E-state index contributed by atoms with van der Waals surface area (Å²) >= 11 is 0.487. The lowest BCUT2D eigenvalue weighted by atomic mass is 10.2. The minimum Gasteiger partial charge on any atom is -0.508 e. The number of hydrogen-bond donors (Lipinski definition) is 3. The highest BCUT2D eigenvalue weighted by molar-refractivity contribution is 7.95. The number of primary sulfonamides is 1. The third-order valence-electron chi connectivity index (χ3n) is 3.52. The van der Waals surface area contributed by atoms with Crippen LogP contribution in [0.25, 0.3) is 0 Å². The van der Waals surface area contributed by atoms with Crippen molar-refractivity contribution in [1.29, 1.82) is 0 Å². The van der Waals surface area contributed by atoms with Gasteiger partial charge in [0.05, 0.1) is 11.0 Å². The van der Waals surface area contributed by atoms with Crippen LogP contribution < -0.4 is 5.14 Å². The van der Waals surface area contributed by atoms with Crippen LogP contribution in [0.1, 0.15) is 24.2 Å². The number of aliphatic hydroxyl groups is 1. The highest BCUT2D eigenvalue weighted by Gasteiger charge is 2.29. The van der Waals surface area contributed by atoms with Crippen LogP contribution in [0.4, 0.5) is 0 Å². The van der Waals surface area contributed by atoms with Gasteiger partial charge >= 0.3 is 0 Å². The van der Waals surface area contributed by atoms with Crippen LogP contribution in [-0.2, 0) is 26.4 Å². The second-order valence-corrected chi connectivity index (χ2v) is 11.0. The minimum absolute atomic E-state index is 0.0405. The molecule has 1 aromatic carbocycles. The maximum Gasteiger partial charge on any atom is 0.247 e. The summed E-state index contributed by atoms with van der Waals surface area (Å²) in [5.74, 6) is -0.0511. The van der Waals surface area contributed by atoms with E-state index < -0.39 is 26.0 Å². The molecule has 0 radical (unpaired) electrons. The molecule has 0 aliphatic rings. The Morgan fingerprint density at radius 1 is 1.19 bits per heavy atom. The van der Waals surface area contributed by atoms with E-state index in [1.165, 1.54) is 25.1 Å². The van der Waals surface area contributed by atoms with Gasteiger partial charge in [-0.1, -0.05) is 0 Å². The van der Waals surface area contributed by atoms with Gasteiger partial charge in [0.1, 0.15) is 14.2 Å². The minimum atomic E-state index is -4.12. The maximum absolute atomic E-state index is 13.0. The molecule has 1 unspecified atom stereocenters. The predicted octanol–water partition coefficient (Wildman–Crippen LogP) is 1.05. The fourth-order valence-electron chi connectivity index (χ4n) is 2.31. The van der Waals surface area contributed by atoms with Crippen molar-refractivity contribution in [3.05, 3.63) is 35.4 Å². The Kier molecular flexibility index (Phi) is 5.80. The number of phenolic OH excluding ortho intramolecular Hbond substituents is 1. The Morgan fingerprint density at radius 3 is 2.31 bits per heavy atom. The zero-order chi connectivity index (χ0) is 19.9. The second-order valence-electron chi connectivity index (χ2n) is 6.06. The van der Waals surface area contributed by atoms with Gasteiger partial charge in [0.2, 0.25) is 19.9 Å². The van der Waals surface area contributed by atoms with E-state index in [9.17, 15) is 27.0 Å². The lowest BCUT2D eigenvalue weighted by Crippen LogP contribution is -2.12. The Labute approximate surface area is 156 Å². The number of aromatic hydroxyl groups is 1. The molecule has 11 heteroatoms. The fourth-order valence-corrected chi connectivity index (χ4v) is 6.49. The summed E-state index contributed by atoms with van der Waals surface area (Å²) in [6, 6.07) is 4.89. The van der Waals surface area contributed by atoms with Gasteiger partial charge in [0.25, 0.3) is 0 Å². The Bertz CT molecular complexity index is 1020. The number of nitrogens with zero attached hydrogens (tertiary/aromatic N) is 1. The molecular formula is C15H20N2O6S3. The fraction of sp³-hybridized carbons (Fsp3) is 0.333. The molecule has 1 aromatic heterocycles. The number of sulfonamides is 1. The highest BCUT2D eigenvalue weighted by Crippen LogP contribution is 2.37. The lowest BCUT2D eigenvalue weighted by molar-refractivity contribution is 0.197. The van der Waals surface area contributed by atoms with Crippen molar-refractivity contribution in [1.82, 2.24) is 4.90 Å². The molecule has 144 valence electrons. The molecule has 0 saturated carbocycles. The third kappa shape index (κ3) is 4.24. The summed E-state index contributed by atoms with van der Waals surface area (Å²) in [4.78, 5) is 1.65. The van der Waals surface area contributed by atoms with Crippen molar-refractivity contribution in [3.63, 3.8) is 0 Å². The average Bonchev–Trinajstić information content (AvgIpc) is 2.95. The summed E-state index contributed by atoms with van der Waals surface area (Å²) in [6.45, 7) is 1.65. The summed E-state index contributed by atoms with van der Waals surface area (Å²) in [6.07, 6.45) is -1.20. The number of rotatable bonds is 6. The average molecular weight is 421 g/mol. The summed E-state index contributed by atoms with van der Waals surface area (Å²) < 4.78 is 48.5. The molecular weight excluding hydrogens is 400 g/mol. The van der Waals surface area contributed by atoms with Crippen LogP contribution in [0.15, 0.2) is 37.6 Å². The number of thiophene rings is 1.